The number of likely N-dealkylation sites (N-methyl/N-ethyl adjacent to an activating group) is 1. The number of amides is 1. The van der Waals surface area contributed by atoms with Crippen LogP contribution in [0.3, 0.4) is 0 Å². The Balaban J connectivity index is 1.95. The monoisotopic (exact) mass is 289 g/mol. The lowest BCUT2D eigenvalue weighted by atomic mass is 10.1. The van der Waals surface area contributed by atoms with E-state index in [2.05, 4.69) is 4.90 Å². The second kappa shape index (κ2) is 5.66. The van der Waals surface area contributed by atoms with E-state index in [9.17, 15) is 9.90 Å². The molecular weight excluding hydrogens is 266 g/mol. The molecule has 5 heteroatoms. The molecule has 2 atom stereocenters. The predicted octanol–water partition coefficient (Wildman–Crippen LogP) is 1.40. The Bertz CT molecular complexity index is 546. The van der Waals surface area contributed by atoms with Gasteiger partial charge in [-0.1, -0.05) is 18.9 Å². The maximum absolute atomic E-state index is 12.0. The minimum Gasteiger partial charge on any atom is -0.394 e. The molecule has 0 spiro atoms. The van der Waals surface area contributed by atoms with E-state index in [1.807, 2.05) is 18.2 Å². The number of aliphatic hydroxyl groups is 1. The Morgan fingerprint density at radius 2 is 2.14 bits per heavy atom. The highest BCUT2D eigenvalue weighted by Crippen LogP contribution is 2.37. The summed E-state index contributed by atoms with van der Waals surface area (Å²) in [6, 6.07) is 5.64. The number of carbonyl (C=O) groups excluding carboxylic acids is 1. The van der Waals surface area contributed by atoms with Crippen LogP contribution in [0.5, 0.6) is 0 Å². The van der Waals surface area contributed by atoms with Crippen molar-refractivity contribution < 1.29 is 9.90 Å². The Labute approximate surface area is 125 Å². The van der Waals surface area contributed by atoms with Crippen molar-refractivity contribution in [2.75, 3.05) is 30.0 Å². The zero-order chi connectivity index (χ0) is 15.0. The number of benzene rings is 1. The first-order valence-corrected chi connectivity index (χ1v) is 7.68. The van der Waals surface area contributed by atoms with Gasteiger partial charge in [0, 0.05) is 24.8 Å². The van der Waals surface area contributed by atoms with Crippen LogP contribution in [0, 0.1) is 0 Å². The first kappa shape index (κ1) is 14.4. The van der Waals surface area contributed by atoms with E-state index < -0.39 is 6.04 Å². The zero-order valence-corrected chi connectivity index (χ0v) is 12.5. The van der Waals surface area contributed by atoms with Crippen molar-refractivity contribution in [3.8, 4) is 0 Å². The van der Waals surface area contributed by atoms with Gasteiger partial charge in [0.2, 0.25) is 5.91 Å². The molecule has 1 saturated heterocycles. The maximum Gasteiger partial charge on any atom is 0.248 e. The number of anilines is 2. The SMILES string of the molecule is CN1C(=O)C(N)c2ccc(N3CCCCCC3CO)cc21. The van der Waals surface area contributed by atoms with E-state index in [1.165, 1.54) is 6.42 Å². The van der Waals surface area contributed by atoms with Gasteiger partial charge in [0.05, 0.1) is 18.3 Å². The molecule has 1 fully saturated rings. The standard InChI is InChI=1S/C16H23N3O2/c1-18-14-9-11(6-7-13(14)15(17)16(18)21)19-8-4-2-3-5-12(19)10-20/h6-7,9,12,15,20H,2-5,8,10,17H2,1H3. The van der Waals surface area contributed by atoms with Crippen molar-refractivity contribution >= 4 is 17.3 Å². The fourth-order valence-corrected chi connectivity index (χ4v) is 3.43. The van der Waals surface area contributed by atoms with E-state index in [0.717, 1.165) is 42.7 Å². The lowest BCUT2D eigenvalue weighted by molar-refractivity contribution is -0.118. The van der Waals surface area contributed by atoms with Gasteiger partial charge < -0.3 is 20.6 Å². The van der Waals surface area contributed by atoms with Crippen LogP contribution in [0.15, 0.2) is 18.2 Å². The largest absolute Gasteiger partial charge is 0.394 e. The molecule has 5 nitrogen and oxygen atoms in total. The van der Waals surface area contributed by atoms with E-state index >= 15 is 0 Å². The summed E-state index contributed by atoms with van der Waals surface area (Å²) in [5.41, 5.74) is 8.80. The number of rotatable bonds is 2. The van der Waals surface area contributed by atoms with Crippen LogP contribution >= 0.6 is 0 Å². The molecule has 21 heavy (non-hydrogen) atoms. The van der Waals surface area contributed by atoms with E-state index in [-0.39, 0.29) is 18.6 Å². The summed E-state index contributed by atoms with van der Waals surface area (Å²) in [6.07, 6.45) is 4.53. The molecule has 0 aromatic heterocycles. The molecule has 1 amide bonds. The first-order chi connectivity index (χ1) is 10.1. The summed E-state index contributed by atoms with van der Waals surface area (Å²) in [6.45, 7) is 1.12. The molecule has 2 aliphatic heterocycles. The van der Waals surface area contributed by atoms with Gasteiger partial charge in [-0.05, 0) is 25.0 Å². The summed E-state index contributed by atoms with van der Waals surface area (Å²) in [5, 5.41) is 9.65. The Kier molecular flexibility index (Phi) is 3.87. The molecule has 0 radical (unpaired) electrons. The molecule has 1 aromatic rings. The number of aliphatic hydroxyl groups excluding tert-OH is 1. The fraction of sp³-hybridized carbons (Fsp3) is 0.562. The van der Waals surface area contributed by atoms with Crippen molar-refractivity contribution in [1.82, 2.24) is 0 Å². The van der Waals surface area contributed by atoms with Crippen LogP contribution in [0.1, 0.15) is 37.3 Å². The summed E-state index contributed by atoms with van der Waals surface area (Å²) < 4.78 is 0. The third-order valence-electron chi connectivity index (χ3n) is 4.73. The smallest absolute Gasteiger partial charge is 0.248 e. The highest BCUT2D eigenvalue weighted by atomic mass is 16.3. The number of hydrogen-bond acceptors (Lipinski definition) is 4. The number of nitrogens with zero attached hydrogens (tertiary/aromatic N) is 2. The van der Waals surface area contributed by atoms with E-state index in [0.29, 0.717) is 0 Å². The molecule has 2 aliphatic rings. The molecule has 0 aliphatic carbocycles. The van der Waals surface area contributed by atoms with Crippen LogP contribution in [0.25, 0.3) is 0 Å². The van der Waals surface area contributed by atoms with Crippen LogP contribution in [0.2, 0.25) is 0 Å². The van der Waals surface area contributed by atoms with Crippen molar-refractivity contribution in [3.05, 3.63) is 23.8 Å². The van der Waals surface area contributed by atoms with Crippen LogP contribution in [0.4, 0.5) is 11.4 Å². The lowest BCUT2D eigenvalue weighted by Crippen LogP contribution is -2.37. The average Bonchev–Trinajstić information content (AvgIpc) is 2.70. The fourth-order valence-electron chi connectivity index (χ4n) is 3.43. The van der Waals surface area contributed by atoms with Gasteiger partial charge in [-0.15, -0.1) is 0 Å². The average molecular weight is 289 g/mol. The van der Waals surface area contributed by atoms with Gasteiger partial charge >= 0.3 is 0 Å². The zero-order valence-electron chi connectivity index (χ0n) is 12.5. The van der Waals surface area contributed by atoms with Crippen LogP contribution in [-0.4, -0.2) is 37.3 Å². The first-order valence-electron chi connectivity index (χ1n) is 7.68. The van der Waals surface area contributed by atoms with Crippen LogP contribution < -0.4 is 15.5 Å². The minimum atomic E-state index is -0.545. The van der Waals surface area contributed by atoms with Gasteiger partial charge in [-0.2, -0.15) is 0 Å². The molecule has 1 aromatic carbocycles. The number of fused-ring (bicyclic) bond motifs is 1. The van der Waals surface area contributed by atoms with Crippen molar-refractivity contribution in [2.45, 2.75) is 37.8 Å². The van der Waals surface area contributed by atoms with E-state index in [4.69, 9.17) is 5.73 Å². The second-order valence-electron chi connectivity index (χ2n) is 6.00. The number of hydrogen-bond donors (Lipinski definition) is 2. The highest BCUT2D eigenvalue weighted by molar-refractivity contribution is 6.04. The summed E-state index contributed by atoms with van der Waals surface area (Å²) in [4.78, 5) is 15.9. The number of carbonyl (C=O) groups is 1. The maximum atomic E-state index is 12.0. The molecule has 3 N–H and O–H groups in total. The summed E-state index contributed by atoms with van der Waals surface area (Å²) in [5.74, 6) is -0.0586. The quantitative estimate of drug-likeness (QED) is 0.863. The van der Waals surface area contributed by atoms with Crippen molar-refractivity contribution in [3.63, 3.8) is 0 Å². The third-order valence-corrected chi connectivity index (χ3v) is 4.73. The van der Waals surface area contributed by atoms with Gasteiger partial charge in [-0.3, -0.25) is 4.79 Å². The Morgan fingerprint density at radius 1 is 1.33 bits per heavy atom. The molecular formula is C16H23N3O2. The minimum absolute atomic E-state index is 0.0586. The Morgan fingerprint density at radius 3 is 2.90 bits per heavy atom. The summed E-state index contributed by atoms with van der Waals surface area (Å²) >= 11 is 0. The predicted molar refractivity (Wildman–Crippen MR) is 83.5 cm³/mol. The van der Waals surface area contributed by atoms with Gasteiger partial charge in [-0.25, -0.2) is 0 Å². The third kappa shape index (κ3) is 2.40. The summed E-state index contributed by atoms with van der Waals surface area (Å²) in [7, 11) is 1.77. The lowest BCUT2D eigenvalue weighted by Gasteiger charge is -2.31. The highest BCUT2D eigenvalue weighted by Gasteiger charge is 2.33. The van der Waals surface area contributed by atoms with Crippen molar-refractivity contribution in [2.24, 2.45) is 5.73 Å². The molecule has 2 heterocycles. The molecule has 3 rings (SSSR count). The molecule has 0 saturated carbocycles. The molecule has 0 bridgehead atoms. The topological polar surface area (TPSA) is 69.8 Å². The van der Waals surface area contributed by atoms with Crippen LogP contribution in [-0.2, 0) is 4.79 Å². The Hall–Kier alpha value is -1.59. The van der Waals surface area contributed by atoms with E-state index in [1.54, 1.807) is 11.9 Å². The second-order valence-corrected chi connectivity index (χ2v) is 6.00. The van der Waals surface area contributed by atoms with Crippen molar-refractivity contribution in [1.29, 1.82) is 0 Å². The molecule has 2 unspecified atom stereocenters. The normalized spacial score (nSPS) is 26.0. The van der Waals surface area contributed by atoms with Gasteiger partial charge in [0.15, 0.2) is 0 Å². The molecule has 114 valence electrons. The van der Waals surface area contributed by atoms with Gasteiger partial charge in [0.25, 0.3) is 0 Å². The number of nitrogens with two attached hydrogens (primary N) is 1. The van der Waals surface area contributed by atoms with Gasteiger partial charge in [0.1, 0.15) is 6.04 Å².